The van der Waals surface area contributed by atoms with Crippen LogP contribution in [0.4, 0.5) is 39.5 Å². The fourth-order valence-electron chi connectivity index (χ4n) is 2.72. The fourth-order valence-corrected chi connectivity index (χ4v) is 2.72. The highest BCUT2D eigenvalue weighted by molar-refractivity contribution is 5.70. The zero-order valence-corrected chi connectivity index (χ0v) is 15.5. The molecule has 0 radical (unpaired) electrons. The van der Waals surface area contributed by atoms with Crippen molar-refractivity contribution < 1.29 is 63.6 Å². The number of aliphatic carboxylic acids is 1. The van der Waals surface area contributed by atoms with Crippen LogP contribution in [0.1, 0.15) is 31.2 Å². The summed E-state index contributed by atoms with van der Waals surface area (Å²) < 4.78 is 125. The molecule has 2 unspecified atom stereocenters. The number of alkyl halides is 9. The van der Waals surface area contributed by atoms with Crippen LogP contribution in [0.5, 0.6) is 17.2 Å². The fraction of sp³-hybridized carbons (Fsp3) is 0.562. The standard InChI is InChI=1S/C16H16F9NO5/c1-2-7(3-8(6-26)13(27)28)12-10(30-15(20,21)22)4-9(29-14(17,18)19)5-11(12)31-16(23,24)25/h4-5,7-8H,2-3,6,26H2,1H3,(H,27,28). The van der Waals surface area contributed by atoms with Crippen LogP contribution in [0.2, 0.25) is 0 Å². The number of nitrogens with two attached hydrogens (primary N) is 1. The molecule has 15 heteroatoms. The van der Waals surface area contributed by atoms with Crippen molar-refractivity contribution in [2.24, 2.45) is 11.7 Å². The number of benzene rings is 1. The minimum absolute atomic E-state index is 0.0838. The van der Waals surface area contributed by atoms with Gasteiger partial charge in [-0.15, -0.1) is 39.5 Å². The Hall–Kier alpha value is -2.58. The molecule has 0 aliphatic rings. The van der Waals surface area contributed by atoms with Gasteiger partial charge in [0.05, 0.1) is 5.92 Å². The zero-order valence-electron chi connectivity index (χ0n) is 15.5. The summed E-state index contributed by atoms with van der Waals surface area (Å²) in [6.07, 6.45) is -17.3. The molecule has 0 aliphatic heterocycles. The summed E-state index contributed by atoms with van der Waals surface area (Å²) in [4.78, 5) is 11.2. The topological polar surface area (TPSA) is 91.0 Å². The number of hydrogen-bond acceptors (Lipinski definition) is 5. The van der Waals surface area contributed by atoms with Crippen molar-refractivity contribution in [2.45, 2.75) is 44.8 Å². The van der Waals surface area contributed by atoms with Crippen LogP contribution in [0.3, 0.4) is 0 Å². The van der Waals surface area contributed by atoms with Crippen molar-refractivity contribution in [3.05, 3.63) is 17.7 Å². The van der Waals surface area contributed by atoms with E-state index in [-0.39, 0.29) is 18.6 Å². The van der Waals surface area contributed by atoms with E-state index < -0.39 is 72.7 Å². The van der Waals surface area contributed by atoms with Crippen LogP contribution >= 0.6 is 0 Å². The Bertz CT molecular complexity index is 724. The van der Waals surface area contributed by atoms with Crippen LogP contribution < -0.4 is 19.9 Å². The number of ether oxygens (including phenoxy) is 3. The molecule has 31 heavy (non-hydrogen) atoms. The maximum absolute atomic E-state index is 12.8. The van der Waals surface area contributed by atoms with E-state index >= 15 is 0 Å². The molecule has 0 aromatic heterocycles. The van der Waals surface area contributed by atoms with Crippen molar-refractivity contribution in [2.75, 3.05) is 6.54 Å². The summed E-state index contributed by atoms with van der Waals surface area (Å²) >= 11 is 0. The van der Waals surface area contributed by atoms with E-state index in [1.54, 1.807) is 0 Å². The predicted molar refractivity (Wildman–Crippen MR) is 84.3 cm³/mol. The summed E-state index contributed by atoms with van der Waals surface area (Å²) in [6, 6.07) is 0.168. The first-order valence-electron chi connectivity index (χ1n) is 8.33. The normalized spacial score (nSPS) is 14.7. The predicted octanol–water partition coefficient (Wildman–Crippen LogP) is 4.93. The molecule has 0 heterocycles. The maximum atomic E-state index is 12.8. The molecule has 0 aliphatic carbocycles. The third kappa shape index (κ3) is 8.98. The second-order valence-electron chi connectivity index (χ2n) is 6.09. The summed E-state index contributed by atoms with van der Waals surface area (Å²) in [5.74, 6) is -8.65. The average molecular weight is 473 g/mol. The lowest BCUT2D eigenvalue weighted by Gasteiger charge is -2.26. The largest absolute Gasteiger partial charge is 0.573 e. The Morgan fingerprint density at radius 1 is 0.935 bits per heavy atom. The van der Waals surface area contributed by atoms with Gasteiger partial charge in [-0.25, -0.2) is 0 Å². The number of carbonyl (C=O) groups is 1. The number of hydrogen-bond donors (Lipinski definition) is 2. The maximum Gasteiger partial charge on any atom is 0.573 e. The minimum atomic E-state index is -5.51. The van der Waals surface area contributed by atoms with Gasteiger partial charge in [-0.1, -0.05) is 6.92 Å². The van der Waals surface area contributed by atoms with Crippen LogP contribution in [0.25, 0.3) is 0 Å². The summed E-state index contributed by atoms with van der Waals surface area (Å²) in [6.45, 7) is 0.793. The highest BCUT2D eigenvalue weighted by Gasteiger charge is 2.40. The van der Waals surface area contributed by atoms with E-state index in [9.17, 15) is 44.3 Å². The van der Waals surface area contributed by atoms with Gasteiger partial charge in [-0.2, -0.15) is 0 Å². The smallest absolute Gasteiger partial charge is 0.481 e. The highest BCUT2D eigenvalue weighted by Crippen LogP contribution is 2.46. The van der Waals surface area contributed by atoms with Crippen LogP contribution in [-0.4, -0.2) is 36.7 Å². The Morgan fingerprint density at radius 2 is 1.35 bits per heavy atom. The number of rotatable bonds is 9. The van der Waals surface area contributed by atoms with E-state index in [0.29, 0.717) is 0 Å². The molecule has 1 aromatic rings. The van der Waals surface area contributed by atoms with Gasteiger partial charge in [0.25, 0.3) is 0 Å². The monoisotopic (exact) mass is 473 g/mol. The second kappa shape index (κ2) is 9.70. The number of halogens is 9. The first-order valence-corrected chi connectivity index (χ1v) is 8.33. The van der Waals surface area contributed by atoms with Crippen molar-refractivity contribution in [3.8, 4) is 17.2 Å². The third-order valence-corrected chi connectivity index (χ3v) is 3.87. The molecule has 0 saturated heterocycles. The molecular weight excluding hydrogens is 457 g/mol. The van der Waals surface area contributed by atoms with Gasteiger partial charge in [0, 0.05) is 24.2 Å². The molecular formula is C16H16F9NO5. The van der Waals surface area contributed by atoms with Gasteiger partial charge in [0.1, 0.15) is 17.2 Å². The van der Waals surface area contributed by atoms with E-state index in [2.05, 4.69) is 14.2 Å². The molecule has 1 rings (SSSR count). The first-order chi connectivity index (χ1) is 14.0. The van der Waals surface area contributed by atoms with Gasteiger partial charge >= 0.3 is 25.1 Å². The van der Waals surface area contributed by atoms with Gasteiger partial charge < -0.3 is 25.1 Å². The van der Waals surface area contributed by atoms with Crippen molar-refractivity contribution in [1.82, 2.24) is 0 Å². The third-order valence-electron chi connectivity index (χ3n) is 3.87. The Morgan fingerprint density at radius 3 is 1.65 bits per heavy atom. The van der Waals surface area contributed by atoms with E-state index in [1.807, 2.05) is 0 Å². The summed E-state index contributed by atoms with van der Waals surface area (Å²) in [7, 11) is 0. The number of carboxylic acid groups (broad SMARTS) is 1. The Kier molecular flexibility index (Phi) is 8.28. The van der Waals surface area contributed by atoms with E-state index in [1.165, 1.54) is 6.92 Å². The van der Waals surface area contributed by atoms with Gasteiger partial charge in [0.2, 0.25) is 0 Å². The van der Waals surface area contributed by atoms with Crippen LogP contribution in [-0.2, 0) is 4.79 Å². The van der Waals surface area contributed by atoms with Crippen molar-refractivity contribution in [3.63, 3.8) is 0 Å². The Balaban J connectivity index is 3.72. The lowest BCUT2D eigenvalue weighted by molar-refractivity contribution is -0.278. The molecule has 0 bridgehead atoms. The summed E-state index contributed by atoms with van der Waals surface area (Å²) in [5, 5.41) is 9.10. The quantitative estimate of drug-likeness (QED) is 0.495. The molecule has 0 amide bonds. The van der Waals surface area contributed by atoms with Gasteiger partial charge in [-0.05, 0) is 18.8 Å². The molecule has 0 fully saturated rings. The molecule has 2 atom stereocenters. The minimum Gasteiger partial charge on any atom is -0.481 e. The molecule has 0 spiro atoms. The molecule has 3 N–H and O–H groups in total. The molecule has 0 saturated carbocycles. The highest BCUT2D eigenvalue weighted by atomic mass is 19.4. The van der Waals surface area contributed by atoms with Crippen molar-refractivity contribution >= 4 is 5.97 Å². The van der Waals surface area contributed by atoms with Crippen LogP contribution in [0, 0.1) is 5.92 Å². The van der Waals surface area contributed by atoms with E-state index in [4.69, 9.17) is 10.8 Å². The first kappa shape index (κ1) is 26.5. The lowest BCUT2D eigenvalue weighted by atomic mass is 9.85. The van der Waals surface area contributed by atoms with Gasteiger partial charge in [-0.3, -0.25) is 4.79 Å². The molecule has 178 valence electrons. The molecule has 6 nitrogen and oxygen atoms in total. The zero-order chi connectivity index (χ0) is 24.2. The summed E-state index contributed by atoms with van der Waals surface area (Å²) in [5.41, 5.74) is 4.34. The van der Waals surface area contributed by atoms with E-state index in [0.717, 1.165) is 0 Å². The van der Waals surface area contributed by atoms with Crippen LogP contribution in [0.15, 0.2) is 12.1 Å². The number of carboxylic acids is 1. The average Bonchev–Trinajstić information content (AvgIpc) is 2.52. The Labute approximate surface area is 168 Å². The molecule has 1 aromatic carbocycles. The van der Waals surface area contributed by atoms with Crippen molar-refractivity contribution in [1.29, 1.82) is 0 Å². The second-order valence-corrected chi connectivity index (χ2v) is 6.09. The van der Waals surface area contributed by atoms with Gasteiger partial charge in [0.15, 0.2) is 0 Å². The SMILES string of the molecule is CCC(CC(CN)C(=O)O)c1c(OC(F)(F)F)cc(OC(F)(F)F)cc1OC(F)(F)F. The lowest BCUT2D eigenvalue weighted by Crippen LogP contribution is -2.27.